The second-order valence-electron chi connectivity index (χ2n) is 2.99. The van der Waals surface area contributed by atoms with Gasteiger partial charge in [-0.15, -0.1) is 0 Å². The van der Waals surface area contributed by atoms with E-state index in [9.17, 15) is 0 Å². The molecule has 13 heavy (non-hydrogen) atoms. The summed E-state index contributed by atoms with van der Waals surface area (Å²) in [5.41, 5.74) is 3.99. The molecule has 3 heteroatoms. The van der Waals surface area contributed by atoms with Gasteiger partial charge in [-0.25, -0.2) is 5.43 Å². The Morgan fingerprint density at radius 1 is 1.31 bits per heavy atom. The average molecular weight is 179 g/mol. The maximum atomic E-state index is 5.33. The normalized spacial score (nSPS) is 12.8. The van der Waals surface area contributed by atoms with E-state index in [0.717, 1.165) is 13.0 Å². The van der Waals surface area contributed by atoms with Crippen LogP contribution in [0.5, 0.6) is 0 Å². The summed E-state index contributed by atoms with van der Waals surface area (Å²) in [6.45, 7) is 2.94. The molecule has 72 valence electrons. The van der Waals surface area contributed by atoms with Crippen LogP contribution in [0.1, 0.15) is 18.9 Å². The molecular weight excluding hydrogens is 162 g/mol. The lowest BCUT2D eigenvalue weighted by molar-refractivity contribution is 0.420. The van der Waals surface area contributed by atoms with Gasteiger partial charge in [0.1, 0.15) is 0 Å². The highest BCUT2D eigenvalue weighted by Crippen LogP contribution is 1.98. The van der Waals surface area contributed by atoms with E-state index in [0.29, 0.717) is 0 Å². The topological polar surface area (TPSA) is 50.1 Å². The van der Waals surface area contributed by atoms with Crippen molar-refractivity contribution in [2.45, 2.75) is 26.1 Å². The Kier molecular flexibility index (Phi) is 4.46. The van der Waals surface area contributed by atoms with E-state index in [4.69, 9.17) is 5.84 Å². The van der Waals surface area contributed by atoms with Gasteiger partial charge in [-0.3, -0.25) is 11.2 Å². The zero-order valence-electron chi connectivity index (χ0n) is 7.96. The van der Waals surface area contributed by atoms with Gasteiger partial charge in [0.15, 0.2) is 0 Å². The molecule has 1 aromatic carbocycles. The number of nitrogens with two attached hydrogens (primary N) is 1. The van der Waals surface area contributed by atoms with Gasteiger partial charge in [-0.05, 0) is 12.0 Å². The van der Waals surface area contributed by atoms with Crippen molar-refractivity contribution >= 4 is 0 Å². The Morgan fingerprint density at radius 2 is 2.00 bits per heavy atom. The first-order chi connectivity index (χ1) is 6.36. The first-order valence-corrected chi connectivity index (χ1v) is 4.60. The Hall–Kier alpha value is -0.900. The van der Waals surface area contributed by atoms with Crippen LogP contribution >= 0.6 is 0 Å². The highest BCUT2D eigenvalue weighted by Gasteiger charge is 2.00. The lowest BCUT2D eigenvalue weighted by atomic mass is 10.2. The third-order valence-corrected chi connectivity index (χ3v) is 2.00. The van der Waals surface area contributed by atoms with E-state index in [1.54, 1.807) is 0 Å². The molecule has 1 atom stereocenters. The SMILES string of the molecule is CCC(NN)NCc1ccccc1. The van der Waals surface area contributed by atoms with Crippen molar-refractivity contribution in [1.29, 1.82) is 0 Å². The Morgan fingerprint density at radius 3 is 2.54 bits per heavy atom. The second-order valence-corrected chi connectivity index (χ2v) is 2.99. The fourth-order valence-corrected chi connectivity index (χ4v) is 1.16. The number of rotatable bonds is 5. The molecule has 1 unspecified atom stereocenters. The Balaban J connectivity index is 2.34. The minimum Gasteiger partial charge on any atom is -0.297 e. The van der Waals surface area contributed by atoms with E-state index < -0.39 is 0 Å². The standard InChI is InChI=1S/C10H17N3/c1-2-10(13-11)12-8-9-6-4-3-5-7-9/h3-7,10,12-13H,2,8,11H2,1H3. The van der Waals surface area contributed by atoms with Crippen LogP contribution in [0.25, 0.3) is 0 Å². The molecule has 0 aliphatic carbocycles. The summed E-state index contributed by atoms with van der Waals surface area (Å²) in [5.74, 6) is 5.33. The molecule has 0 fully saturated rings. The van der Waals surface area contributed by atoms with Crippen LogP contribution in [0.4, 0.5) is 0 Å². The Labute approximate surface area is 79.3 Å². The van der Waals surface area contributed by atoms with Gasteiger partial charge < -0.3 is 0 Å². The van der Waals surface area contributed by atoms with Gasteiger partial charge in [0.05, 0.1) is 6.17 Å². The number of hydrogen-bond donors (Lipinski definition) is 3. The highest BCUT2D eigenvalue weighted by atomic mass is 15.3. The minimum atomic E-state index is 0.195. The molecule has 0 heterocycles. The van der Waals surface area contributed by atoms with Crippen molar-refractivity contribution in [3.05, 3.63) is 35.9 Å². The first kappa shape index (κ1) is 10.2. The monoisotopic (exact) mass is 179 g/mol. The molecule has 4 N–H and O–H groups in total. The van der Waals surface area contributed by atoms with Crippen LogP contribution in [0.15, 0.2) is 30.3 Å². The summed E-state index contributed by atoms with van der Waals surface area (Å²) in [6, 6.07) is 10.3. The van der Waals surface area contributed by atoms with Gasteiger partial charge in [0.25, 0.3) is 0 Å². The van der Waals surface area contributed by atoms with Crippen LogP contribution in [0.2, 0.25) is 0 Å². The van der Waals surface area contributed by atoms with Crippen LogP contribution in [-0.4, -0.2) is 6.17 Å². The molecule has 0 amide bonds. The summed E-state index contributed by atoms with van der Waals surface area (Å²) >= 11 is 0. The lowest BCUT2D eigenvalue weighted by Crippen LogP contribution is -2.45. The summed E-state index contributed by atoms with van der Waals surface area (Å²) in [4.78, 5) is 0. The third-order valence-electron chi connectivity index (χ3n) is 2.00. The van der Waals surface area contributed by atoms with Crippen molar-refractivity contribution in [2.24, 2.45) is 5.84 Å². The summed E-state index contributed by atoms with van der Waals surface area (Å²) in [5, 5.41) is 3.30. The van der Waals surface area contributed by atoms with Crippen LogP contribution in [-0.2, 0) is 6.54 Å². The fraction of sp³-hybridized carbons (Fsp3) is 0.400. The van der Waals surface area contributed by atoms with E-state index in [1.165, 1.54) is 5.56 Å². The molecule has 0 radical (unpaired) electrons. The Bertz CT molecular complexity index is 219. The van der Waals surface area contributed by atoms with Crippen molar-refractivity contribution < 1.29 is 0 Å². The number of hydrogen-bond acceptors (Lipinski definition) is 3. The lowest BCUT2D eigenvalue weighted by Gasteiger charge is -2.15. The molecule has 1 aromatic rings. The van der Waals surface area contributed by atoms with Gasteiger partial charge in [0, 0.05) is 6.54 Å². The molecule has 0 bridgehead atoms. The largest absolute Gasteiger partial charge is 0.297 e. The van der Waals surface area contributed by atoms with E-state index in [1.807, 2.05) is 18.2 Å². The van der Waals surface area contributed by atoms with Crippen LogP contribution < -0.4 is 16.6 Å². The van der Waals surface area contributed by atoms with Gasteiger partial charge in [-0.2, -0.15) is 0 Å². The van der Waals surface area contributed by atoms with Crippen molar-refractivity contribution in [2.75, 3.05) is 0 Å². The molecular formula is C10H17N3. The molecule has 0 saturated carbocycles. The molecule has 0 aliphatic heterocycles. The second kappa shape index (κ2) is 5.70. The zero-order chi connectivity index (χ0) is 9.52. The van der Waals surface area contributed by atoms with Gasteiger partial charge in [-0.1, -0.05) is 37.3 Å². The molecule has 3 nitrogen and oxygen atoms in total. The predicted octanol–water partition coefficient (Wildman–Crippen LogP) is 0.976. The number of benzene rings is 1. The van der Waals surface area contributed by atoms with E-state index in [2.05, 4.69) is 29.8 Å². The van der Waals surface area contributed by atoms with E-state index in [-0.39, 0.29) is 6.17 Å². The number of nitrogens with one attached hydrogen (secondary N) is 2. The smallest absolute Gasteiger partial charge is 0.0701 e. The van der Waals surface area contributed by atoms with E-state index >= 15 is 0 Å². The molecule has 0 aromatic heterocycles. The van der Waals surface area contributed by atoms with Crippen molar-refractivity contribution in [3.8, 4) is 0 Å². The molecule has 0 saturated heterocycles. The average Bonchev–Trinajstić information content (AvgIpc) is 2.21. The highest BCUT2D eigenvalue weighted by molar-refractivity contribution is 5.14. The maximum absolute atomic E-state index is 5.33. The van der Waals surface area contributed by atoms with Crippen molar-refractivity contribution in [1.82, 2.24) is 10.7 Å². The quantitative estimate of drug-likeness (QED) is 0.359. The minimum absolute atomic E-state index is 0.195. The molecule has 0 spiro atoms. The third kappa shape index (κ3) is 3.55. The summed E-state index contributed by atoms with van der Waals surface area (Å²) in [7, 11) is 0. The summed E-state index contributed by atoms with van der Waals surface area (Å²) < 4.78 is 0. The fourth-order valence-electron chi connectivity index (χ4n) is 1.16. The summed E-state index contributed by atoms with van der Waals surface area (Å²) in [6.07, 6.45) is 1.17. The maximum Gasteiger partial charge on any atom is 0.0701 e. The number of hydrazine groups is 1. The molecule has 1 rings (SSSR count). The first-order valence-electron chi connectivity index (χ1n) is 4.60. The van der Waals surface area contributed by atoms with Gasteiger partial charge in [0.2, 0.25) is 0 Å². The zero-order valence-corrected chi connectivity index (χ0v) is 7.96. The molecule has 0 aliphatic rings. The van der Waals surface area contributed by atoms with Crippen LogP contribution in [0, 0.1) is 0 Å². The van der Waals surface area contributed by atoms with Crippen LogP contribution in [0.3, 0.4) is 0 Å². The van der Waals surface area contributed by atoms with Gasteiger partial charge >= 0.3 is 0 Å². The predicted molar refractivity (Wildman–Crippen MR) is 54.7 cm³/mol. The van der Waals surface area contributed by atoms with Crippen molar-refractivity contribution in [3.63, 3.8) is 0 Å².